The highest BCUT2D eigenvalue weighted by atomic mass is 16.5. The van der Waals surface area contributed by atoms with Crippen molar-refractivity contribution in [3.63, 3.8) is 0 Å². The maximum atomic E-state index is 5.61. The van der Waals surface area contributed by atoms with Crippen molar-refractivity contribution in [1.82, 2.24) is 10.2 Å². The lowest BCUT2D eigenvalue weighted by molar-refractivity contribution is 0.0953. The van der Waals surface area contributed by atoms with Crippen LogP contribution in [0.4, 0.5) is 0 Å². The molecule has 2 fully saturated rings. The first-order chi connectivity index (χ1) is 10.0. The second kappa shape index (κ2) is 7.94. The lowest BCUT2D eigenvalue weighted by Crippen LogP contribution is -2.49. The molecule has 3 nitrogen and oxygen atoms in total. The summed E-state index contributed by atoms with van der Waals surface area (Å²) in [5.74, 6) is 1.61. The predicted octanol–water partition coefficient (Wildman–Crippen LogP) is 3.15. The van der Waals surface area contributed by atoms with Crippen LogP contribution in [0.2, 0.25) is 0 Å². The van der Waals surface area contributed by atoms with E-state index in [0.717, 1.165) is 31.6 Å². The Hall–Kier alpha value is -0.120. The predicted molar refractivity (Wildman–Crippen MR) is 89.6 cm³/mol. The molecule has 124 valence electrons. The van der Waals surface area contributed by atoms with E-state index in [2.05, 4.69) is 37.9 Å². The van der Waals surface area contributed by atoms with Gasteiger partial charge in [-0.2, -0.15) is 0 Å². The first kappa shape index (κ1) is 17.2. The quantitative estimate of drug-likeness (QED) is 0.815. The van der Waals surface area contributed by atoms with Gasteiger partial charge in [-0.3, -0.25) is 0 Å². The van der Waals surface area contributed by atoms with Gasteiger partial charge in [0.15, 0.2) is 0 Å². The van der Waals surface area contributed by atoms with Crippen LogP contribution in [-0.4, -0.2) is 50.3 Å². The fourth-order valence-corrected chi connectivity index (χ4v) is 3.84. The van der Waals surface area contributed by atoms with Crippen LogP contribution in [0.3, 0.4) is 0 Å². The summed E-state index contributed by atoms with van der Waals surface area (Å²) in [7, 11) is 0. The van der Waals surface area contributed by atoms with Crippen LogP contribution in [0.1, 0.15) is 53.4 Å². The van der Waals surface area contributed by atoms with Gasteiger partial charge in [0, 0.05) is 25.1 Å². The minimum Gasteiger partial charge on any atom is -0.381 e. The molecule has 0 radical (unpaired) electrons. The lowest BCUT2D eigenvalue weighted by Gasteiger charge is -2.40. The second-order valence-corrected chi connectivity index (χ2v) is 8.13. The highest BCUT2D eigenvalue weighted by Gasteiger charge is 2.31. The largest absolute Gasteiger partial charge is 0.381 e. The molecule has 1 N–H and O–H groups in total. The monoisotopic (exact) mass is 296 g/mol. The molecule has 2 aliphatic heterocycles. The van der Waals surface area contributed by atoms with Crippen molar-refractivity contribution in [1.29, 1.82) is 0 Å². The van der Waals surface area contributed by atoms with E-state index >= 15 is 0 Å². The summed E-state index contributed by atoms with van der Waals surface area (Å²) in [5.41, 5.74) is 0.477. The second-order valence-electron chi connectivity index (χ2n) is 8.13. The van der Waals surface area contributed by atoms with E-state index in [-0.39, 0.29) is 0 Å². The van der Waals surface area contributed by atoms with E-state index < -0.39 is 0 Å². The van der Waals surface area contributed by atoms with Gasteiger partial charge >= 0.3 is 0 Å². The van der Waals surface area contributed by atoms with Crippen LogP contribution in [0.15, 0.2) is 0 Å². The van der Waals surface area contributed by atoms with Crippen molar-refractivity contribution in [3.8, 4) is 0 Å². The number of likely N-dealkylation sites (tertiary alicyclic amines) is 1. The summed E-state index contributed by atoms with van der Waals surface area (Å²) in [6, 6.07) is 0.624. The van der Waals surface area contributed by atoms with Crippen molar-refractivity contribution < 1.29 is 4.74 Å². The van der Waals surface area contributed by atoms with Gasteiger partial charge in [0.1, 0.15) is 0 Å². The first-order valence-corrected chi connectivity index (χ1v) is 9.04. The fraction of sp³-hybridized carbons (Fsp3) is 1.00. The molecule has 2 atom stereocenters. The Labute approximate surface area is 131 Å². The number of hydrogen-bond donors (Lipinski definition) is 1. The third-order valence-electron chi connectivity index (χ3n) is 5.46. The Balaban J connectivity index is 1.80. The van der Waals surface area contributed by atoms with Gasteiger partial charge in [0.2, 0.25) is 0 Å². The van der Waals surface area contributed by atoms with Crippen LogP contribution in [0.5, 0.6) is 0 Å². The van der Waals surface area contributed by atoms with Gasteiger partial charge in [-0.25, -0.2) is 0 Å². The van der Waals surface area contributed by atoms with Crippen molar-refractivity contribution in [2.45, 2.75) is 59.4 Å². The van der Waals surface area contributed by atoms with Gasteiger partial charge in [0.25, 0.3) is 0 Å². The smallest absolute Gasteiger partial charge is 0.0510 e. The van der Waals surface area contributed by atoms with Crippen LogP contribution in [-0.2, 0) is 4.74 Å². The molecular formula is C18H36N2O. The maximum absolute atomic E-state index is 5.61. The fourth-order valence-electron chi connectivity index (χ4n) is 3.84. The van der Waals surface area contributed by atoms with Gasteiger partial charge < -0.3 is 15.0 Å². The molecule has 0 amide bonds. The molecular weight excluding hydrogens is 260 g/mol. The number of piperidine rings is 1. The minimum absolute atomic E-state index is 0.477. The highest BCUT2D eigenvalue weighted by Crippen LogP contribution is 2.34. The SMILES string of the molecule is CCCNC(CN1CCC(C(C)(C)C)CC1)C1CCOC1. The molecule has 0 spiro atoms. The highest BCUT2D eigenvalue weighted by molar-refractivity contribution is 4.86. The van der Waals surface area contributed by atoms with Crippen molar-refractivity contribution in [3.05, 3.63) is 0 Å². The van der Waals surface area contributed by atoms with Crippen molar-refractivity contribution in [2.75, 3.05) is 39.4 Å². The van der Waals surface area contributed by atoms with E-state index in [1.54, 1.807) is 0 Å². The Morgan fingerprint density at radius 1 is 1.19 bits per heavy atom. The molecule has 2 heterocycles. The average Bonchev–Trinajstić information content (AvgIpc) is 2.97. The molecule has 21 heavy (non-hydrogen) atoms. The number of ether oxygens (including phenoxy) is 1. The molecule has 0 saturated carbocycles. The molecule has 2 aliphatic rings. The maximum Gasteiger partial charge on any atom is 0.0510 e. The summed E-state index contributed by atoms with van der Waals surface area (Å²) in [6.07, 6.45) is 5.19. The van der Waals surface area contributed by atoms with E-state index in [1.807, 2.05) is 0 Å². The number of hydrogen-bond acceptors (Lipinski definition) is 3. The van der Waals surface area contributed by atoms with Crippen LogP contribution < -0.4 is 5.32 Å². The first-order valence-electron chi connectivity index (χ1n) is 9.04. The van der Waals surface area contributed by atoms with Crippen LogP contribution in [0, 0.1) is 17.3 Å². The topological polar surface area (TPSA) is 24.5 Å². The zero-order valence-electron chi connectivity index (χ0n) is 14.7. The standard InChI is InChI=1S/C18H36N2O/c1-5-9-19-17(15-8-12-21-14-15)13-20-10-6-16(7-11-20)18(2,3)4/h15-17,19H,5-14H2,1-4H3. The number of nitrogens with zero attached hydrogens (tertiary/aromatic N) is 1. The van der Waals surface area contributed by atoms with E-state index in [1.165, 1.54) is 45.3 Å². The molecule has 0 aromatic heterocycles. The van der Waals surface area contributed by atoms with Gasteiger partial charge in [-0.1, -0.05) is 27.7 Å². The zero-order chi connectivity index (χ0) is 15.3. The summed E-state index contributed by atoms with van der Waals surface area (Å²) < 4.78 is 5.61. The van der Waals surface area contributed by atoms with Crippen molar-refractivity contribution >= 4 is 0 Å². The summed E-state index contributed by atoms with van der Waals surface area (Å²) in [5, 5.41) is 3.78. The zero-order valence-corrected chi connectivity index (χ0v) is 14.7. The third-order valence-corrected chi connectivity index (χ3v) is 5.46. The molecule has 0 aliphatic carbocycles. The van der Waals surface area contributed by atoms with Crippen molar-refractivity contribution in [2.24, 2.45) is 17.3 Å². The normalized spacial score (nSPS) is 27.1. The van der Waals surface area contributed by atoms with Crippen LogP contribution in [0.25, 0.3) is 0 Å². The molecule has 3 heteroatoms. The van der Waals surface area contributed by atoms with Gasteiger partial charge in [-0.05, 0) is 56.7 Å². The van der Waals surface area contributed by atoms with E-state index in [9.17, 15) is 0 Å². The summed E-state index contributed by atoms with van der Waals surface area (Å²) in [4.78, 5) is 2.69. The summed E-state index contributed by atoms with van der Waals surface area (Å²) in [6.45, 7) is 16.3. The van der Waals surface area contributed by atoms with E-state index in [4.69, 9.17) is 4.74 Å². The average molecular weight is 296 g/mol. The third kappa shape index (κ3) is 5.22. The molecule has 0 aromatic rings. The van der Waals surface area contributed by atoms with Crippen LogP contribution >= 0.6 is 0 Å². The lowest BCUT2D eigenvalue weighted by atomic mass is 9.75. The summed E-state index contributed by atoms with van der Waals surface area (Å²) >= 11 is 0. The van der Waals surface area contributed by atoms with E-state index in [0.29, 0.717) is 11.5 Å². The molecule has 0 aromatic carbocycles. The van der Waals surface area contributed by atoms with Gasteiger partial charge in [-0.15, -0.1) is 0 Å². The molecule has 2 rings (SSSR count). The Bertz CT molecular complexity index is 286. The Morgan fingerprint density at radius 3 is 2.43 bits per heavy atom. The Morgan fingerprint density at radius 2 is 1.90 bits per heavy atom. The molecule has 2 saturated heterocycles. The Kier molecular flexibility index (Phi) is 6.51. The number of nitrogens with one attached hydrogen (secondary N) is 1. The van der Waals surface area contributed by atoms with Gasteiger partial charge in [0.05, 0.1) is 6.61 Å². The molecule has 2 unspecified atom stereocenters. The number of rotatable bonds is 6. The minimum atomic E-state index is 0.477. The molecule has 0 bridgehead atoms.